The normalized spacial score (nSPS) is 29.6. The largest absolute Gasteiger partial charge is 0.365 e. The Hall–Kier alpha value is -2.02. The molecule has 1 saturated heterocycles. The number of aliphatic hydroxyl groups excluding tert-OH is 1. The molecule has 5 N–H and O–H groups in total. The van der Waals surface area contributed by atoms with Gasteiger partial charge in [0, 0.05) is 29.6 Å². The second-order valence-corrected chi connectivity index (χ2v) is 23.3. The van der Waals surface area contributed by atoms with Crippen molar-refractivity contribution in [3.05, 3.63) is 0 Å². The predicted octanol–water partition coefficient (Wildman–Crippen LogP) is 4.79. The molecule has 3 amide bonds. The number of ketones is 1. The first-order chi connectivity index (χ1) is 25.9. The van der Waals surface area contributed by atoms with Crippen molar-refractivity contribution in [2.45, 2.75) is 192 Å². The Kier molecular flexibility index (Phi) is 12.9. The van der Waals surface area contributed by atoms with Gasteiger partial charge in [0.05, 0.1) is 12.1 Å². The van der Waals surface area contributed by atoms with Crippen molar-refractivity contribution in [3.8, 4) is 0 Å². The molecule has 6 aliphatic rings. The van der Waals surface area contributed by atoms with Gasteiger partial charge in [-0.15, -0.1) is 0 Å². The fourth-order valence-corrected chi connectivity index (χ4v) is 12.8. The van der Waals surface area contributed by atoms with Gasteiger partial charge in [0.2, 0.25) is 17.6 Å². The number of aliphatic hydroxyl groups is 1. The number of hydrogen-bond donors (Lipinski definition) is 5. The Morgan fingerprint density at radius 3 is 2.11 bits per heavy atom. The average molecular weight is 788 g/mol. The molecule has 0 radical (unpaired) electrons. The molecule has 12 heteroatoms. The molecule has 5 aliphatic carbocycles. The number of carbonyl (C=O) groups is 4. The third-order valence-corrected chi connectivity index (χ3v) is 18.5. The van der Waals surface area contributed by atoms with Crippen molar-refractivity contribution in [2.24, 2.45) is 28.1 Å². The number of hydrogen-bond acceptors (Lipinski definition) is 8. The van der Waals surface area contributed by atoms with Crippen LogP contribution in [-0.4, -0.2) is 97.7 Å². The van der Waals surface area contributed by atoms with Crippen LogP contribution in [0.1, 0.15) is 157 Å². The number of likely N-dealkylation sites (tertiary alicyclic amines) is 1. The number of nitrogens with zero attached hydrogens (tertiary/aromatic N) is 1. The standard InChI is InChI=1S/C43H73N5O6S/c1-7-15-32(34(49)37(51)45-29-16-14-17-29)46-36(50)33-30-18-23-43(24-25-43)31(30)26-48(33)38(52)35(41(5)19-10-8-11-20-41)47-39(53)44-27-42(21-12-9-13-22-42)28-55(6,54)40(2,3)4/h29-33,35,39,44,47,53H,6-28H2,1-5H3,(H,45,51)(H,46,50)/t30-,31-,32?,33-,35+,39?,55?/m0/s1. The van der Waals surface area contributed by atoms with Crippen molar-refractivity contribution in [2.75, 3.05) is 18.8 Å². The molecule has 1 aliphatic heterocycles. The van der Waals surface area contributed by atoms with Crippen LogP contribution in [-0.2, 0) is 28.7 Å². The van der Waals surface area contributed by atoms with Crippen LogP contribution in [0.25, 0.3) is 0 Å². The van der Waals surface area contributed by atoms with E-state index in [9.17, 15) is 23.7 Å². The van der Waals surface area contributed by atoms with Crippen LogP contribution >= 0.6 is 0 Å². The van der Waals surface area contributed by atoms with Gasteiger partial charge in [-0.25, -0.2) is 0 Å². The van der Waals surface area contributed by atoms with Crippen molar-refractivity contribution < 1.29 is 28.5 Å². The summed E-state index contributed by atoms with van der Waals surface area (Å²) in [5.74, 6) is 3.14. The number of rotatable bonds is 16. The smallest absolute Gasteiger partial charge is 0.289 e. The number of fused-ring (bicyclic) bond motifs is 2. The van der Waals surface area contributed by atoms with Gasteiger partial charge in [0.15, 0.2) is 6.35 Å². The summed E-state index contributed by atoms with van der Waals surface area (Å²) in [5, 5.41) is 24.3. The third-order valence-electron chi connectivity index (χ3n) is 15.2. The van der Waals surface area contributed by atoms with Gasteiger partial charge < -0.3 is 20.6 Å². The van der Waals surface area contributed by atoms with E-state index in [1.54, 1.807) is 4.90 Å². The summed E-state index contributed by atoms with van der Waals surface area (Å²) in [5.41, 5.74) is -0.534. The Morgan fingerprint density at radius 2 is 1.55 bits per heavy atom. The minimum Gasteiger partial charge on any atom is -0.365 e. The van der Waals surface area contributed by atoms with E-state index in [1.165, 1.54) is 0 Å². The Balaban J connectivity index is 1.22. The van der Waals surface area contributed by atoms with Crippen LogP contribution in [0.4, 0.5) is 0 Å². The lowest BCUT2D eigenvalue weighted by molar-refractivity contribution is -0.147. The number of amides is 3. The summed E-state index contributed by atoms with van der Waals surface area (Å²) in [6.45, 7) is 11.0. The van der Waals surface area contributed by atoms with E-state index in [2.05, 4.69) is 34.1 Å². The van der Waals surface area contributed by atoms with E-state index in [0.29, 0.717) is 31.7 Å². The van der Waals surface area contributed by atoms with E-state index in [0.717, 1.165) is 109 Å². The first kappa shape index (κ1) is 42.6. The molecule has 6 rings (SSSR count). The highest BCUT2D eigenvalue weighted by atomic mass is 32.2. The summed E-state index contributed by atoms with van der Waals surface area (Å²) >= 11 is 0. The van der Waals surface area contributed by atoms with Crippen LogP contribution in [0.15, 0.2) is 0 Å². The third kappa shape index (κ3) is 9.17. The summed E-state index contributed by atoms with van der Waals surface area (Å²) < 4.78 is 13.5. The van der Waals surface area contributed by atoms with E-state index in [1.807, 2.05) is 27.7 Å². The first-order valence-electron chi connectivity index (χ1n) is 21.9. The predicted molar refractivity (Wildman–Crippen MR) is 219 cm³/mol. The number of nitrogens with one attached hydrogen (secondary N) is 4. The van der Waals surface area contributed by atoms with Gasteiger partial charge in [-0.1, -0.05) is 58.8 Å². The molecule has 0 aromatic carbocycles. The molecule has 6 fully saturated rings. The van der Waals surface area contributed by atoms with Crippen LogP contribution in [0.2, 0.25) is 0 Å². The maximum Gasteiger partial charge on any atom is 0.289 e. The summed E-state index contributed by atoms with van der Waals surface area (Å²) in [4.78, 5) is 58.0. The Labute approximate surface area is 331 Å². The topological polar surface area (TPSA) is 157 Å². The van der Waals surface area contributed by atoms with E-state index in [-0.39, 0.29) is 40.5 Å². The lowest BCUT2D eigenvalue weighted by Crippen LogP contribution is -2.63. The minimum atomic E-state index is -2.42. The molecular formula is C43H73N5O6S. The highest BCUT2D eigenvalue weighted by molar-refractivity contribution is 8.01. The van der Waals surface area contributed by atoms with Gasteiger partial charge in [0.1, 0.15) is 6.04 Å². The monoisotopic (exact) mass is 788 g/mol. The van der Waals surface area contributed by atoms with Gasteiger partial charge in [0.25, 0.3) is 5.91 Å². The molecule has 11 nitrogen and oxygen atoms in total. The number of carbonyl (C=O) groups excluding carboxylic acids is 4. The van der Waals surface area contributed by atoms with Crippen LogP contribution in [0.3, 0.4) is 0 Å². The first-order valence-corrected chi connectivity index (χ1v) is 23.8. The molecule has 1 spiro atoms. The Morgan fingerprint density at radius 1 is 0.909 bits per heavy atom. The van der Waals surface area contributed by atoms with Gasteiger partial charge >= 0.3 is 0 Å². The molecular weight excluding hydrogens is 715 g/mol. The maximum absolute atomic E-state index is 15.2. The van der Waals surface area contributed by atoms with Gasteiger partial charge in [-0.2, -0.15) is 0 Å². The Bertz CT molecular complexity index is 1520. The molecule has 312 valence electrons. The van der Waals surface area contributed by atoms with E-state index < -0.39 is 55.9 Å². The second kappa shape index (κ2) is 16.7. The van der Waals surface area contributed by atoms with E-state index >= 15 is 4.79 Å². The molecule has 0 aromatic rings. The van der Waals surface area contributed by atoms with E-state index in [4.69, 9.17) is 0 Å². The SMILES string of the molecule is C=S(=O)(CC1(CNC(O)N[C@H](C(=O)N2C[C@H]3[C@H](CCC34CC4)[C@H]2C(=O)NC(CCC)C(=O)C(=O)NC2CCC2)C2(C)CCCCC2)CCCCC1)C(C)(C)C. The summed E-state index contributed by atoms with van der Waals surface area (Å²) in [6.07, 6.45) is 16.4. The molecule has 7 atom stereocenters. The zero-order valence-corrected chi connectivity index (χ0v) is 35.5. The highest BCUT2D eigenvalue weighted by Gasteiger charge is 2.64. The van der Waals surface area contributed by atoms with Crippen molar-refractivity contribution in [3.63, 3.8) is 0 Å². The van der Waals surface area contributed by atoms with Crippen molar-refractivity contribution in [1.82, 2.24) is 26.2 Å². The zero-order valence-electron chi connectivity index (χ0n) is 34.6. The zero-order chi connectivity index (χ0) is 39.8. The van der Waals surface area contributed by atoms with Gasteiger partial charge in [-0.3, -0.25) is 34.0 Å². The molecule has 55 heavy (non-hydrogen) atoms. The van der Waals surface area contributed by atoms with Crippen LogP contribution in [0, 0.1) is 28.1 Å². The van der Waals surface area contributed by atoms with Gasteiger partial charge in [-0.05, 0) is 141 Å². The number of Topliss-reactive ketones (excluding diaryl/α,β-unsaturated/α-hetero) is 1. The van der Waals surface area contributed by atoms with Crippen LogP contribution < -0.4 is 21.3 Å². The summed E-state index contributed by atoms with van der Waals surface area (Å²) in [7, 11) is -2.42. The fourth-order valence-electron chi connectivity index (χ4n) is 11.0. The second-order valence-electron chi connectivity index (χ2n) is 20.1. The molecule has 0 bridgehead atoms. The lowest BCUT2D eigenvalue weighted by atomic mass is 9.70. The minimum absolute atomic E-state index is 0.0121. The molecule has 5 saturated carbocycles. The highest BCUT2D eigenvalue weighted by Crippen LogP contribution is 2.66. The summed E-state index contributed by atoms with van der Waals surface area (Å²) in [6, 6.07) is -2.41. The molecule has 0 aromatic heterocycles. The average Bonchev–Trinajstić information content (AvgIpc) is 3.68. The maximum atomic E-state index is 15.2. The van der Waals surface area contributed by atoms with Crippen LogP contribution in [0.5, 0.6) is 0 Å². The molecule has 1 heterocycles. The molecule has 3 unspecified atom stereocenters. The van der Waals surface area contributed by atoms with Crippen molar-refractivity contribution in [1.29, 1.82) is 0 Å². The quantitative estimate of drug-likeness (QED) is 0.0851. The fraction of sp³-hybridized carbons (Fsp3) is 0.884. The van der Waals surface area contributed by atoms with Crippen molar-refractivity contribution >= 4 is 38.9 Å². The lowest BCUT2D eigenvalue weighted by Gasteiger charge is -2.44.